The summed E-state index contributed by atoms with van der Waals surface area (Å²) >= 11 is 3.43. The van der Waals surface area contributed by atoms with Crippen LogP contribution in [0.15, 0.2) is 44.4 Å². The largest absolute Gasteiger partial charge is 0.365 e. The number of aromatic nitrogens is 2. The lowest BCUT2D eigenvalue weighted by molar-refractivity contribution is 0.546. The summed E-state index contributed by atoms with van der Waals surface area (Å²) in [5.41, 5.74) is 0.345. The van der Waals surface area contributed by atoms with Gasteiger partial charge in [0.1, 0.15) is 5.82 Å². The third-order valence-corrected chi connectivity index (χ3v) is 3.70. The van der Waals surface area contributed by atoms with E-state index in [1.165, 1.54) is 10.6 Å². The van der Waals surface area contributed by atoms with E-state index in [1.54, 1.807) is 13.8 Å². The minimum Gasteiger partial charge on any atom is -0.365 e. The molecular weight excluding hydrogens is 334 g/mol. The molecule has 0 aliphatic carbocycles. The number of nitrogens with zero attached hydrogens (tertiary/aromatic N) is 1. The van der Waals surface area contributed by atoms with E-state index >= 15 is 0 Å². The zero-order chi connectivity index (χ0) is 15.6. The topological polar surface area (TPSA) is 66.9 Å². The van der Waals surface area contributed by atoms with Gasteiger partial charge < -0.3 is 5.32 Å². The standard InChI is InChI=1S/C15H18BrN3O2/c1-9(2)19-14(20)8-13(18-15(19)21)17-10(3)11-5-4-6-12(16)7-11/h4-10,17H,1-3H3,(H,18,21)/t10-/m0/s1. The highest BCUT2D eigenvalue weighted by Crippen LogP contribution is 2.20. The highest BCUT2D eigenvalue weighted by molar-refractivity contribution is 9.10. The maximum absolute atomic E-state index is 12.0. The SMILES string of the molecule is CC(C)n1c(=O)cc(N[C@@H](C)c2cccc(Br)c2)[nH]c1=O. The Morgan fingerprint density at radius 3 is 2.48 bits per heavy atom. The molecule has 1 aromatic heterocycles. The Balaban J connectivity index is 2.28. The van der Waals surface area contributed by atoms with Gasteiger partial charge in [0.2, 0.25) is 0 Å². The van der Waals surface area contributed by atoms with E-state index in [4.69, 9.17) is 0 Å². The molecule has 0 radical (unpaired) electrons. The number of rotatable bonds is 4. The van der Waals surface area contributed by atoms with Crippen molar-refractivity contribution in [2.24, 2.45) is 0 Å². The molecule has 0 saturated carbocycles. The Morgan fingerprint density at radius 1 is 1.19 bits per heavy atom. The van der Waals surface area contributed by atoms with E-state index in [0.717, 1.165) is 10.0 Å². The fourth-order valence-electron chi connectivity index (χ4n) is 2.16. The average molecular weight is 352 g/mol. The molecule has 2 N–H and O–H groups in total. The number of hydrogen-bond acceptors (Lipinski definition) is 3. The third-order valence-electron chi connectivity index (χ3n) is 3.20. The normalized spacial score (nSPS) is 12.4. The molecule has 1 aromatic carbocycles. The third kappa shape index (κ3) is 3.64. The van der Waals surface area contributed by atoms with Crippen LogP contribution in [0.5, 0.6) is 0 Å². The molecule has 6 heteroatoms. The van der Waals surface area contributed by atoms with Gasteiger partial charge in [0.25, 0.3) is 5.56 Å². The monoisotopic (exact) mass is 351 g/mol. The highest BCUT2D eigenvalue weighted by atomic mass is 79.9. The number of halogens is 1. The van der Waals surface area contributed by atoms with Crippen LogP contribution in [0.1, 0.15) is 38.4 Å². The van der Waals surface area contributed by atoms with Crippen LogP contribution in [0.25, 0.3) is 0 Å². The lowest BCUT2D eigenvalue weighted by atomic mass is 10.1. The molecule has 0 spiro atoms. The second-order valence-corrected chi connectivity index (χ2v) is 6.13. The fraction of sp³-hybridized carbons (Fsp3) is 0.333. The molecule has 0 saturated heterocycles. The van der Waals surface area contributed by atoms with Gasteiger partial charge in [-0.25, -0.2) is 4.79 Å². The molecule has 0 aliphatic rings. The molecule has 0 amide bonds. The van der Waals surface area contributed by atoms with Crippen molar-refractivity contribution < 1.29 is 0 Å². The summed E-state index contributed by atoms with van der Waals surface area (Å²) in [7, 11) is 0. The van der Waals surface area contributed by atoms with Crippen LogP contribution in [0.4, 0.5) is 5.82 Å². The zero-order valence-electron chi connectivity index (χ0n) is 12.2. The van der Waals surface area contributed by atoms with E-state index in [2.05, 4.69) is 26.2 Å². The van der Waals surface area contributed by atoms with Crippen LogP contribution >= 0.6 is 15.9 Å². The van der Waals surface area contributed by atoms with Gasteiger partial charge in [0.15, 0.2) is 0 Å². The fourth-order valence-corrected chi connectivity index (χ4v) is 2.58. The highest BCUT2D eigenvalue weighted by Gasteiger charge is 2.10. The molecule has 112 valence electrons. The van der Waals surface area contributed by atoms with E-state index < -0.39 is 5.69 Å². The minimum atomic E-state index is -0.401. The van der Waals surface area contributed by atoms with Gasteiger partial charge in [0, 0.05) is 22.6 Å². The summed E-state index contributed by atoms with van der Waals surface area (Å²) in [6.07, 6.45) is 0. The summed E-state index contributed by atoms with van der Waals surface area (Å²) in [4.78, 5) is 26.6. The van der Waals surface area contributed by atoms with Gasteiger partial charge in [-0.05, 0) is 38.5 Å². The number of aromatic amines is 1. The van der Waals surface area contributed by atoms with Crippen LogP contribution in [0.3, 0.4) is 0 Å². The van der Waals surface area contributed by atoms with Crippen molar-refractivity contribution in [3.63, 3.8) is 0 Å². The van der Waals surface area contributed by atoms with Crippen LogP contribution in [0.2, 0.25) is 0 Å². The first kappa shape index (κ1) is 15.6. The Kier molecular flexibility index (Phi) is 4.67. The second-order valence-electron chi connectivity index (χ2n) is 5.21. The van der Waals surface area contributed by atoms with Crippen molar-refractivity contribution in [1.82, 2.24) is 9.55 Å². The van der Waals surface area contributed by atoms with Crippen LogP contribution in [0, 0.1) is 0 Å². The lowest BCUT2D eigenvalue weighted by Crippen LogP contribution is -2.36. The minimum absolute atomic E-state index is 0.0348. The first-order chi connectivity index (χ1) is 9.88. The summed E-state index contributed by atoms with van der Waals surface area (Å²) in [6, 6.07) is 9.07. The molecule has 0 aliphatic heterocycles. The quantitative estimate of drug-likeness (QED) is 0.889. The number of benzene rings is 1. The van der Waals surface area contributed by atoms with E-state index in [-0.39, 0.29) is 17.6 Å². The summed E-state index contributed by atoms with van der Waals surface area (Å²) in [6.45, 7) is 5.57. The van der Waals surface area contributed by atoms with Gasteiger partial charge in [-0.1, -0.05) is 28.1 Å². The Labute approximate surface area is 131 Å². The van der Waals surface area contributed by atoms with E-state index in [9.17, 15) is 9.59 Å². The molecule has 2 aromatic rings. The number of anilines is 1. The lowest BCUT2D eigenvalue weighted by Gasteiger charge is -2.16. The van der Waals surface area contributed by atoms with Crippen molar-refractivity contribution in [2.45, 2.75) is 32.9 Å². The van der Waals surface area contributed by atoms with Gasteiger partial charge >= 0.3 is 5.69 Å². The molecule has 1 heterocycles. The Morgan fingerprint density at radius 2 is 1.90 bits per heavy atom. The summed E-state index contributed by atoms with van der Waals surface area (Å²) < 4.78 is 2.17. The second kappa shape index (κ2) is 6.30. The van der Waals surface area contributed by atoms with Crippen LogP contribution < -0.4 is 16.6 Å². The van der Waals surface area contributed by atoms with Crippen molar-refractivity contribution in [3.05, 3.63) is 61.2 Å². The molecule has 21 heavy (non-hydrogen) atoms. The molecular formula is C15H18BrN3O2. The van der Waals surface area contributed by atoms with Crippen molar-refractivity contribution in [2.75, 3.05) is 5.32 Å². The van der Waals surface area contributed by atoms with Crippen molar-refractivity contribution in [3.8, 4) is 0 Å². The summed E-state index contributed by atoms with van der Waals surface area (Å²) in [5.74, 6) is 0.425. The maximum atomic E-state index is 12.0. The smallest absolute Gasteiger partial charge is 0.330 e. The van der Waals surface area contributed by atoms with Gasteiger partial charge in [-0.15, -0.1) is 0 Å². The van der Waals surface area contributed by atoms with Crippen molar-refractivity contribution in [1.29, 1.82) is 0 Å². The predicted molar refractivity (Wildman–Crippen MR) is 87.9 cm³/mol. The first-order valence-corrected chi connectivity index (χ1v) is 7.55. The van der Waals surface area contributed by atoms with Crippen molar-refractivity contribution >= 4 is 21.7 Å². The molecule has 1 atom stereocenters. The molecule has 5 nitrogen and oxygen atoms in total. The van der Waals surface area contributed by atoms with Gasteiger partial charge in [0.05, 0.1) is 0 Å². The number of H-pyrrole nitrogens is 1. The molecule has 2 rings (SSSR count). The Hall–Kier alpha value is -1.82. The van der Waals surface area contributed by atoms with Gasteiger partial charge in [-0.2, -0.15) is 0 Å². The maximum Gasteiger partial charge on any atom is 0.330 e. The predicted octanol–water partition coefficient (Wildman–Crippen LogP) is 3.05. The average Bonchev–Trinajstić information content (AvgIpc) is 2.37. The zero-order valence-corrected chi connectivity index (χ0v) is 13.8. The Bertz CT molecular complexity index is 718. The summed E-state index contributed by atoms with van der Waals surface area (Å²) in [5, 5.41) is 3.14. The van der Waals surface area contributed by atoms with E-state index in [1.807, 2.05) is 31.2 Å². The van der Waals surface area contributed by atoms with E-state index in [0.29, 0.717) is 5.82 Å². The molecule has 0 unspecified atom stereocenters. The number of nitrogens with one attached hydrogen (secondary N) is 2. The number of hydrogen-bond donors (Lipinski definition) is 2. The first-order valence-electron chi connectivity index (χ1n) is 6.76. The van der Waals surface area contributed by atoms with Crippen LogP contribution in [-0.2, 0) is 0 Å². The van der Waals surface area contributed by atoms with Crippen LogP contribution in [-0.4, -0.2) is 9.55 Å². The molecule has 0 bridgehead atoms. The molecule has 0 fully saturated rings. The van der Waals surface area contributed by atoms with Gasteiger partial charge in [-0.3, -0.25) is 14.3 Å².